The van der Waals surface area contributed by atoms with Gasteiger partial charge in [-0.05, 0) is 98.6 Å². The van der Waals surface area contributed by atoms with Crippen molar-refractivity contribution in [3.8, 4) is 27.9 Å². The van der Waals surface area contributed by atoms with Crippen LogP contribution in [-0.4, -0.2) is 11.3 Å². The SMILES string of the molecule is C=N/C(=C\C=C/C)c1ccc(-c2ccc3ccc4c(-c5ccc(-n6c7ccccc7c7ccccc76)cc5)ccc5ccc2c3c54)cc1. The van der Waals surface area contributed by atoms with Crippen molar-refractivity contribution < 1.29 is 0 Å². The molecule has 1 aromatic heterocycles. The molecular formula is C46H32N2. The molecule has 0 unspecified atom stereocenters. The molecule has 0 saturated carbocycles. The van der Waals surface area contributed by atoms with Crippen LogP contribution in [0.2, 0.25) is 0 Å². The summed E-state index contributed by atoms with van der Waals surface area (Å²) < 4.78 is 2.37. The van der Waals surface area contributed by atoms with Crippen molar-refractivity contribution in [2.24, 2.45) is 4.99 Å². The highest BCUT2D eigenvalue weighted by Crippen LogP contribution is 2.43. The van der Waals surface area contributed by atoms with Crippen LogP contribution in [0, 0.1) is 0 Å². The van der Waals surface area contributed by atoms with Gasteiger partial charge in [0.2, 0.25) is 0 Å². The molecule has 2 nitrogen and oxygen atoms in total. The number of fused-ring (bicyclic) bond motifs is 3. The second-order valence-corrected chi connectivity index (χ2v) is 12.4. The molecular weight excluding hydrogens is 581 g/mol. The summed E-state index contributed by atoms with van der Waals surface area (Å²) in [6.45, 7) is 5.77. The molecule has 0 amide bonds. The summed E-state index contributed by atoms with van der Waals surface area (Å²) in [5.74, 6) is 0. The smallest absolute Gasteiger partial charge is 0.0694 e. The fourth-order valence-corrected chi connectivity index (χ4v) is 7.54. The number of hydrogen-bond donors (Lipinski definition) is 0. The van der Waals surface area contributed by atoms with Crippen molar-refractivity contribution in [3.63, 3.8) is 0 Å². The van der Waals surface area contributed by atoms with E-state index in [0.717, 1.165) is 16.9 Å². The van der Waals surface area contributed by atoms with Gasteiger partial charge in [0.15, 0.2) is 0 Å². The molecule has 0 aliphatic carbocycles. The number of aromatic nitrogens is 1. The molecule has 1 heterocycles. The lowest BCUT2D eigenvalue weighted by atomic mass is 9.87. The predicted molar refractivity (Wildman–Crippen MR) is 208 cm³/mol. The number of benzene rings is 8. The van der Waals surface area contributed by atoms with Crippen molar-refractivity contribution in [1.82, 2.24) is 4.57 Å². The van der Waals surface area contributed by atoms with Gasteiger partial charge in [0.25, 0.3) is 0 Å². The maximum atomic E-state index is 4.24. The first-order chi connectivity index (χ1) is 23.7. The summed E-state index contributed by atoms with van der Waals surface area (Å²) in [6.07, 6.45) is 5.98. The van der Waals surface area contributed by atoms with Crippen LogP contribution in [-0.2, 0) is 0 Å². The predicted octanol–water partition coefficient (Wildman–Crippen LogP) is 12.6. The van der Waals surface area contributed by atoms with Gasteiger partial charge in [-0.25, -0.2) is 0 Å². The fraction of sp³-hybridized carbons (Fsp3) is 0.0217. The number of hydrogen-bond acceptors (Lipinski definition) is 1. The van der Waals surface area contributed by atoms with E-state index in [0.29, 0.717) is 0 Å². The van der Waals surface area contributed by atoms with Gasteiger partial charge < -0.3 is 4.57 Å². The Morgan fingerprint density at radius 1 is 0.542 bits per heavy atom. The number of nitrogens with zero attached hydrogens (tertiary/aromatic N) is 2. The Hall–Kier alpha value is -6.25. The van der Waals surface area contributed by atoms with E-state index in [4.69, 9.17) is 0 Å². The first-order valence-corrected chi connectivity index (χ1v) is 16.4. The number of para-hydroxylation sites is 2. The summed E-state index contributed by atoms with van der Waals surface area (Å²) in [7, 11) is 0. The standard InChI is InChI=1S/C46H32N2/c1-3-4-11-42(47-2)32-16-14-30(15-17-32)36-26-20-33-23-29-41-37(27-21-34-22-28-40(36)45(33)46(34)41)31-18-24-35(25-19-31)48-43-12-7-5-9-38(43)39-10-6-8-13-44(39)48/h3-29H,2H2,1H3/b4-3-,42-11-. The van der Waals surface area contributed by atoms with Gasteiger partial charge in [0.05, 0.1) is 16.7 Å². The highest BCUT2D eigenvalue weighted by atomic mass is 15.0. The molecule has 0 atom stereocenters. The highest BCUT2D eigenvalue weighted by Gasteiger charge is 2.16. The third-order valence-electron chi connectivity index (χ3n) is 9.79. The Morgan fingerprint density at radius 3 is 1.56 bits per heavy atom. The van der Waals surface area contributed by atoms with E-state index >= 15 is 0 Å². The van der Waals surface area contributed by atoms with Crippen LogP contribution < -0.4 is 0 Å². The van der Waals surface area contributed by atoms with Gasteiger partial charge in [0, 0.05) is 22.0 Å². The van der Waals surface area contributed by atoms with Crippen LogP contribution >= 0.6 is 0 Å². The summed E-state index contributed by atoms with van der Waals surface area (Å²) in [5, 5.41) is 10.3. The molecule has 0 bridgehead atoms. The van der Waals surface area contributed by atoms with Crippen molar-refractivity contribution in [2.75, 3.05) is 0 Å². The molecule has 0 N–H and O–H groups in total. The fourth-order valence-electron chi connectivity index (χ4n) is 7.54. The molecule has 9 rings (SSSR count). The van der Waals surface area contributed by atoms with Crippen LogP contribution in [0.5, 0.6) is 0 Å². The first-order valence-electron chi connectivity index (χ1n) is 16.4. The summed E-state index contributed by atoms with van der Waals surface area (Å²) >= 11 is 0. The molecule has 2 heteroatoms. The monoisotopic (exact) mass is 612 g/mol. The zero-order valence-corrected chi connectivity index (χ0v) is 26.7. The quantitative estimate of drug-likeness (QED) is 0.101. The Labute approximate surface area is 279 Å². The van der Waals surface area contributed by atoms with Crippen molar-refractivity contribution in [2.45, 2.75) is 6.92 Å². The molecule has 0 spiro atoms. The Balaban J connectivity index is 1.16. The average molecular weight is 613 g/mol. The van der Waals surface area contributed by atoms with E-state index in [1.807, 2.05) is 25.2 Å². The van der Waals surface area contributed by atoms with Crippen molar-refractivity contribution in [3.05, 3.63) is 169 Å². The van der Waals surface area contributed by atoms with E-state index in [9.17, 15) is 0 Å². The second-order valence-electron chi connectivity index (χ2n) is 12.4. The Kier molecular flexibility index (Phi) is 6.55. The first kappa shape index (κ1) is 28.0. The maximum Gasteiger partial charge on any atom is 0.0694 e. The minimum atomic E-state index is 0.866. The lowest BCUT2D eigenvalue weighted by molar-refractivity contribution is 1.18. The molecule has 0 aliphatic rings. The molecule has 0 fully saturated rings. The van der Waals surface area contributed by atoms with Gasteiger partial charge in [-0.2, -0.15) is 0 Å². The third kappa shape index (κ3) is 4.30. The van der Waals surface area contributed by atoms with Crippen molar-refractivity contribution >= 4 is 66.5 Å². The maximum absolute atomic E-state index is 4.24. The highest BCUT2D eigenvalue weighted by molar-refractivity contribution is 6.27. The summed E-state index contributed by atoms with van der Waals surface area (Å²) in [6, 6.07) is 53.3. The number of allylic oxidation sites excluding steroid dienone is 3. The number of aliphatic imine (C=N–C) groups is 1. The molecule has 0 radical (unpaired) electrons. The molecule has 8 aromatic carbocycles. The topological polar surface area (TPSA) is 17.3 Å². The van der Waals surface area contributed by atoms with Crippen LogP contribution in [0.3, 0.4) is 0 Å². The lowest BCUT2D eigenvalue weighted by Crippen LogP contribution is -1.94. The molecule has 48 heavy (non-hydrogen) atoms. The van der Waals surface area contributed by atoms with Crippen LogP contribution in [0.4, 0.5) is 0 Å². The molecule has 9 aromatic rings. The Bertz CT molecular complexity index is 2670. The van der Waals surface area contributed by atoms with Crippen LogP contribution in [0.15, 0.2) is 169 Å². The van der Waals surface area contributed by atoms with Gasteiger partial charge in [-0.3, -0.25) is 4.99 Å². The van der Waals surface area contributed by atoms with Gasteiger partial charge in [0.1, 0.15) is 0 Å². The van der Waals surface area contributed by atoms with Crippen LogP contribution in [0.1, 0.15) is 12.5 Å². The van der Waals surface area contributed by atoms with Gasteiger partial charge >= 0.3 is 0 Å². The third-order valence-corrected chi connectivity index (χ3v) is 9.79. The largest absolute Gasteiger partial charge is 0.309 e. The van der Waals surface area contributed by atoms with Crippen LogP contribution in [0.25, 0.3) is 87.8 Å². The normalized spacial score (nSPS) is 12.4. The number of rotatable bonds is 6. The Morgan fingerprint density at radius 2 is 1.04 bits per heavy atom. The van der Waals surface area contributed by atoms with Gasteiger partial charge in [-0.1, -0.05) is 133 Å². The zero-order chi connectivity index (χ0) is 32.2. The molecule has 226 valence electrons. The lowest BCUT2D eigenvalue weighted by Gasteiger charge is -2.17. The van der Waals surface area contributed by atoms with E-state index in [2.05, 4.69) is 162 Å². The summed E-state index contributed by atoms with van der Waals surface area (Å²) in [5.41, 5.74) is 10.4. The van der Waals surface area contributed by atoms with E-state index in [-0.39, 0.29) is 0 Å². The van der Waals surface area contributed by atoms with E-state index in [1.165, 1.54) is 76.4 Å². The average Bonchev–Trinajstić information content (AvgIpc) is 3.49. The van der Waals surface area contributed by atoms with E-state index < -0.39 is 0 Å². The van der Waals surface area contributed by atoms with Gasteiger partial charge in [-0.15, -0.1) is 0 Å². The minimum absolute atomic E-state index is 0.866. The van der Waals surface area contributed by atoms with E-state index in [1.54, 1.807) is 0 Å². The zero-order valence-electron chi connectivity index (χ0n) is 26.7. The molecule has 0 aliphatic heterocycles. The van der Waals surface area contributed by atoms with Crippen molar-refractivity contribution in [1.29, 1.82) is 0 Å². The molecule has 0 saturated heterocycles. The second kappa shape index (κ2) is 11.2. The summed E-state index contributed by atoms with van der Waals surface area (Å²) in [4.78, 5) is 4.24. The minimum Gasteiger partial charge on any atom is -0.309 e.